The summed E-state index contributed by atoms with van der Waals surface area (Å²) in [6.45, 7) is 1.10. The second kappa shape index (κ2) is 11.4. The van der Waals surface area contributed by atoms with Gasteiger partial charge in [0.1, 0.15) is 4.90 Å². The van der Waals surface area contributed by atoms with E-state index in [1.54, 1.807) is 24.4 Å². The summed E-state index contributed by atoms with van der Waals surface area (Å²) in [7, 11) is -3.89. The Morgan fingerprint density at radius 3 is 2.66 bits per heavy atom. The molecule has 0 bridgehead atoms. The fourth-order valence-electron chi connectivity index (χ4n) is 4.33. The lowest BCUT2D eigenvalue weighted by atomic mass is 9.98. The summed E-state index contributed by atoms with van der Waals surface area (Å²) < 4.78 is 28.6. The van der Waals surface area contributed by atoms with Crippen molar-refractivity contribution in [2.75, 3.05) is 19.6 Å². The summed E-state index contributed by atoms with van der Waals surface area (Å²) in [5.74, 6) is -0.637. The van der Waals surface area contributed by atoms with Gasteiger partial charge in [-0.2, -0.15) is 4.31 Å². The molecule has 1 aliphatic heterocycles. The van der Waals surface area contributed by atoms with Crippen molar-refractivity contribution < 1.29 is 18.0 Å². The standard InChI is InChI=1S/C26H30N4O4S/c31-24-14-18-30(35(33,34)23-12-4-9-21-10-5-15-28-25(21)23)17-6-11-22(13-16-27-24)26(32)29-19-20-7-2-1-3-8-20/h1-5,7-10,12,15,22H,6,11,13-14,16-19H2,(H,27,31)(H,29,32). The highest BCUT2D eigenvalue weighted by atomic mass is 32.2. The number of hydrogen-bond donors (Lipinski definition) is 2. The maximum Gasteiger partial charge on any atom is 0.245 e. The van der Waals surface area contributed by atoms with E-state index >= 15 is 0 Å². The first kappa shape index (κ1) is 24.8. The van der Waals surface area contributed by atoms with E-state index in [-0.39, 0.29) is 42.1 Å². The SMILES string of the molecule is O=C1CCN(S(=O)(=O)c2cccc3cccnc23)CCCC(C(=O)NCc2ccccc2)CCN1. The van der Waals surface area contributed by atoms with E-state index in [4.69, 9.17) is 0 Å². The summed E-state index contributed by atoms with van der Waals surface area (Å²) in [6, 6.07) is 18.3. The molecule has 1 fully saturated rings. The van der Waals surface area contributed by atoms with Crippen LogP contribution in [0.4, 0.5) is 0 Å². The Hall–Kier alpha value is -3.30. The maximum atomic E-state index is 13.6. The number of carbonyl (C=O) groups is 2. The molecule has 8 nitrogen and oxygen atoms in total. The van der Waals surface area contributed by atoms with E-state index in [0.29, 0.717) is 37.9 Å². The van der Waals surface area contributed by atoms with E-state index in [1.807, 2.05) is 42.5 Å². The molecule has 1 atom stereocenters. The van der Waals surface area contributed by atoms with Gasteiger partial charge in [0.2, 0.25) is 21.8 Å². The average molecular weight is 495 g/mol. The Morgan fingerprint density at radius 2 is 1.83 bits per heavy atom. The van der Waals surface area contributed by atoms with Crippen molar-refractivity contribution in [3.63, 3.8) is 0 Å². The first-order valence-electron chi connectivity index (χ1n) is 11.9. The number of nitrogens with one attached hydrogen (secondary N) is 2. The molecule has 3 aromatic rings. The zero-order chi connectivity index (χ0) is 24.7. The first-order chi connectivity index (χ1) is 16.9. The fourth-order valence-corrected chi connectivity index (χ4v) is 5.97. The predicted octanol–water partition coefficient (Wildman–Crippen LogP) is 2.85. The molecule has 1 saturated heterocycles. The van der Waals surface area contributed by atoms with Crippen LogP contribution in [0.25, 0.3) is 10.9 Å². The first-order valence-corrected chi connectivity index (χ1v) is 13.3. The molecule has 184 valence electrons. The molecule has 1 aromatic heterocycles. The largest absolute Gasteiger partial charge is 0.356 e. The highest BCUT2D eigenvalue weighted by Crippen LogP contribution is 2.25. The van der Waals surface area contributed by atoms with Crippen LogP contribution in [0.5, 0.6) is 0 Å². The third-order valence-corrected chi connectivity index (χ3v) is 8.19. The molecule has 2 N–H and O–H groups in total. The molecule has 1 unspecified atom stereocenters. The number of nitrogens with zero attached hydrogens (tertiary/aromatic N) is 2. The number of benzene rings is 2. The molecule has 2 amide bonds. The molecule has 0 saturated carbocycles. The Bertz CT molecular complexity index is 1280. The number of carbonyl (C=O) groups excluding carboxylic acids is 2. The Labute approximate surface area is 205 Å². The van der Waals surface area contributed by atoms with Gasteiger partial charge in [0.15, 0.2) is 0 Å². The van der Waals surface area contributed by atoms with Crippen LogP contribution in [0.15, 0.2) is 71.8 Å². The van der Waals surface area contributed by atoms with Crippen LogP contribution < -0.4 is 10.6 Å². The topological polar surface area (TPSA) is 108 Å². The highest BCUT2D eigenvalue weighted by molar-refractivity contribution is 7.89. The van der Waals surface area contributed by atoms with Crippen molar-refractivity contribution in [2.24, 2.45) is 5.92 Å². The number of hydrogen-bond acceptors (Lipinski definition) is 5. The van der Waals surface area contributed by atoms with Gasteiger partial charge in [-0.15, -0.1) is 0 Å². The van der Waals surface area contributed by atoms with Gasteiger partial charge in [0.05, 0.1) is 5.52 Å². The summed E-state index contributed by atoms with van der Waals surface area (Å²) in [4.78, 5) is 29.7. The summed E-state index contributed by atoms with van der Waals surface area (Å²) in [6.07, 6.45) is 3.17. The summed E-state index contributed by atoms with van der Waals surface area (Å²) in [5.41, 5.74) is 1.42. The third-order valence-electron chi connectivity index (χ3n) is 6.26. The van der Waals surface area contributed by atoms with Gasteiger partial charge in [0.25, 0.3) is 0 Å². The molecule has 0 aliphatic carbocycles. The number of pyridine rings is 1. The number of fused-ring (bicyclic) bond motifs is 1. The molecule has 1 aliphatic rings. The van der Waals surface area contributed by atoms with Gasteiger partial charge < -0.3 is 10.6 Å². The van der Waals surface area contributed by atoms with Crippen LogP contribution in [0.2, 0.25) is 0 Å². The third kappa shape index (κ3) is 6.23. The fraction of sp³-hybridized carbons (Fsp3) is 0.346. The molecule has 9 heteroatoms. The van der Waals surface area contributed by atoms with Crippen molar-refractivity contribution in [3.05, 3.63) is 72.4 Å². The molecule has 0 radical (unpaired) electrons. The lowest BCUT2D eigenvalue weighted by molar-refractivity contribution is -0.126. The van der Waals surface area contributed by atoms with E-state index in [9.17, 15) is 18.0 Å². The minimum atomic E-state index is -3.89. The van der Waals surface area contributed by atoms with Crippen LogP contribution >= 0.6 is 0 Å². The number of aromatic nitrogens is 1. The second-order valence-corrected chi connectivity index (χ2v) is 10.6. The summed E-state index contributed by atoms with van der Waals surface area (Å²) >= 11 is 0. The molecule has 0 spiro atoms. The quantitative estimate of drug-likeness (QED) is 0.567. The predicted molar refractivity (Wildman–Crippen MR) is 134 cm³/mol. The van der Waals surface area contributed by atoms with Gasteiger partial charge in [-0.25, -0.2) is 8.42 Å². The number of rotatable bonds is 5. The van der Waals surface area contributed by atoms with E-state index in [2.05, 4.69) is 15.6 Å². The van der Waals surface area contributed by atoms with Gasteiger partial charge in [-0.1, -0.05) is 48.5 Å². The van der Waals surface area contributed by atoms with Gasteiger partial charge in [-0.3, -0.25) is 14.6 Å². The average Bonchev–Trinajstić information content (AvgIpc) is 2.92. The van der Waals surface area contributed by atoms with Crippen LogP contribution in [0, 0.1) is 5.92 Å². The monoisotopic (exact) mass is 494 g/mol. The Kier molecular flexibility index (Phi) is 8.09. The van der Waals surface area contributed by atoms with E-state index < -0.39 is 10.0 Å². The van der Waals surface area contributed by atoms with Crippen LogP contribution in [-0.2, 0) is 26.2 Å². The van der Waals surface area contributed by atoms with E-state index in [1.165, 1.54) is 4.31 Å². The Morgan fingerprint density at radius 1 is 1.03 bits per heavy atom. The van der Waals surface area contributed by atoms with Crippen molar-refractivity contribution in [1.82, 2.24) is 19.9 Å². The van der Waals surface area contributed by atoms with Gasteiger partial charge >= 0.3 is 0 Å². The molecule has 2 heterocycles. The maximum absolute atomic E-state index is 13.6. The Balaban J connectivity index is 1.49. The van der Waals surface area contributed by atoms with Crippen LogP contribution in [-0.4, -0.2) is 49.2 Å². The van der Waals surface area contributed by atoms with Crippen molar-refractivity contribution >= 4 is 32.7 Å². The molecular weight excluding hydrogens is 464 g/mol. The van der Waals surface area contributed by atoms with E-state index in [0.717, 1.165) is 10.9 Å². The summed E-state index contributed by atoms with van der Waals surface area (Å²) in [5, 5.41) is 6.54. The van der Waals surface area contributed by atoms with Crippen LogP contribution in [0.3, 0.4) is 0 Å². The van der Waals surface area contributed by atoms with Gasteiger partial charge in [0, 0.05) is 50.1 Å². The molecule has 4 rings (SSSR count). The lowest BCUT2D eigenvalue weighted by Crippen LogP contribution is -2.36. The van der Waals surface area contributed by atoms with Crippen molar-refractivity contribution in [1.29, 1.82) is 0 Å². The smallest absolute Gasteiger partial charge is 0.245 e. The molecule has 35 heavy (non-hydrogen) atoms. The lowest BCUT2D eigenvalue weighted by Gasteiger charge is -2.23. The zero-order valence-electron chi connectivity index (χ0n) is 19.5. The molecule has 2 aromatic carbocycles. The number of para-hydroxylation sites is 1. The number of sulfonamides is 1. The minimum Gasteiger partial charge on any atom is -0.356 e. The zero-order valence-corrected chi connectivity index (χ0v) is 20.3. The van der Waals surface area contributed by atoms with Crippen molar-refractivity contribution in [3.8, 4) is 0 Å². The number of amides is 2. The normalized spacial score (nSPS) is 18.4. The molecular formula is C26H30N4O4S. The van der Waals surface area contributed by atoms with Crippen molar-refractivity contribution in [2.45, 2.75) is 37.1 Å². The van der Waals surface area contributed by atoms with Crippen LogP contribution in [0.1, 0.15) is 31.2 Å². The second-order valence-electron chi connectivity index (χ2n) is 8.67. The highest BCUT2D eigenvalue weighted by Gasteiger charge is 2.28. The minimum absolute atomic E-state index is 0.0578. The van der Waals surface area contributed by atoms with Gasteiger partial charge in [-0.05, 0) is 37.0 Å².